The van der Waals surface area contributed by atoms with E-state index in [2.05, 4.69) is 51.1 Å². The monoisotopic (exact) mass is 331 g/mol. The molecule has 130 valence electrons. The molecule has 0 aliphatic heterocycles. The van der Waals surface area contributed by atoms with Gasteiger partial charge in [0.2, 0.25) is 5.95 Å². The molecule has 0 unspecified atom stereocenters. The SMILES string of the molecule is Cc1nn(C)c(F)c1C(=O)Nc1ccc(C(C)(C)C)cc1C(C)C. The first-order chi connectivity index (χ1) is 11.0. The summed E-state index contributed by atoms with van der Waals surface area (Å²) < 4.78 is 15.2. The van der Waals surface area contributed by atoms with Gasteiger partial charge in [-0.05, 0) is 35.4 Å². The number of rotatable bonds is 3. The predicted molar refractivity (Wildman–Crippen MR) is 95.1 cm³/mol. The molecule has 4 nitrogen and oxygen atoms in total. The van der Waals surface area contributed by atoms with Gasteiger partial charge in [-0.1, -0.05) is 46.8 Å². The Hall–Kier alpha value is -2.17. The first-order valence-electron chi connectivity index (χ1n) is 8.17. The highest BCUT2D eigenvalue weighted by Gasteiger charge is 2.22. The number of benzene rings is 1. The molecular formula is C19H26FN3O. The zero-order valence-electron chi connectivity index (χ0n) is 15.5. The molecule has 0 bridgehead atoms. The third kappa shape index (κ3) is 3.50. The average Bonchev–Trinajstić information content (AvgIpc) is 2.70. The van der Waals surface area contributed by atoms with Crippen LogP contribution in [-0.4, -0.2) is 15.7 Å². The van der Waals surface area contributed by atoms with Crippen molar-refractivity contribution >= 4 is 11.6 Å². The number of aromatic nitrogens is 2. The van der Waals surface area contributed by atoms with E-state index in [0.29, 0.717) is 11.4 Å². The molecule has 0 spiro atoms. The molecule has 2 aromatic rings. The van der Waals surface area contributed by atoms with Crippen LogP contribution in [0.25, 0.3) is 0 Å². The van der Waals surface area contributed by atoms with Gasteiger partial charge in [-0.25, -0.2) is 4.68 Å². The minimum absolute atomic E-state index is 0.00731. The second-order valence-electron chi connectivity index (χ2n) is 7.54. The first kappa shape index (κ1) is 18.2. The molecule has 2 rings (SSSR count). The summed E-state index contributed by atoms with van der Waals surface area (Å²) in [7, 11) is 1.48. The summed E-state index contributed by atoms with van der Waals surface area (Å²) in [6.45, 7) is 12.2. The van der Waals surface area contributed by atoms with E-state index in [1.54, 1.807) is 6.92 Å². The van der Waals surface area contributed by atoms with Crippen LogP contribution in [-0.2, 0) is 12.5 Å². The maximum Gasteiger partial charge on any atom is 0.262 e. The third-order valence-corrected chi connectivity index (χ3v) is 4.17. The maximum absolute atomic E-state index is 14.1. The molecule has 0 saturated carbocycles. The molecule has 1 N–H and O–H groups in total. The molecule has 1 amide bonds. The number of hydrogen-bond acceptors (Lipinski definition) is 2. The highest BCUT2D eigenvalue weighted by atomic mass is 19.1. The molecule has 1 aromatic heterocycles. The molecular weight excluding hydrogens is 305 g/mol. The van der Waals surface area contributed by atoms with Gasteiger partial charge in [0.25, 0.3) is 5.91 Å². The van der Waals surface area contributed by atoms with Crippen molar-refractivity contribution in [3.8, 4) is 0 Å². The summed E-state index contributed by atoms with van der Waals surface area (Å²) in [5.41, 5.74) is 3.35. The molecule has 5 heteroatoms. The van der Waals surface area contributed by atoms with Crippen LogP contribution < -0.4 is 5.32 Å². The Kier molecular flexibility index (Phi) is 4.83. The summed E-state index contributed by atoms with van der Waals surface area (Å²) in [5.74, 6) is -0.853. The Bertz CT molecular complexity index is 770. The zero-order valence-corrected chi connectivity index (χ0v) is 15.5. The summed E-state index contributed by atoms with van der Waals surface area (Å²) in [4.78, 5) is 12.5. The van der Waals surface area contributed by atoms with Crippen LogP contribution in [0.4, 0.5) is 10.1 Å². The summed E-state index contributed by atoms with van der Waals surface area (Å²) in [5, 5.41) is 6.81. The third-order valence-electron chi connectivity index (χ3n) is 4.17. The number of halogens is 1. The predicted octanol–water partition coefficient (Wildman–Crippen LogP) is 4.54. The van der Waals surface area contributed by atoms with E-state index in [-0.39, 0.29) is 16.9 Å². The zero-order chi connectivity index (χ0) is 18.2. The van der Waals surface area contributed by atoms with Crippen molar-refractivity contribution in [2.75, 3.05) is 5.32 Å². The largest absolute Gasteiger partial charge is 0.322 e. The van der Waals surface area contributed by atoms with Crippen molar-refractivity contribution in [3.63, 3.8) is 0 Å². The number of nitrogens with zero attached hydrogens (tertiary/aromatic N) is 2. The summed E-state index contributed by atoms with van der Waals surface area (Å²) >= 11 is 0. The lowest BCUT2D eigenvalue weighted by atomic mass is 9.84. The molecule has 0 aliphatic rings. The van der Waals surface area contributed by atoms with Crippen molar-refractivity contribution in [3.05, 3.63) is 46.5 Å². The van der Waals surface area contributed by atoms with Gasteiger partial charge in [0.15, 0.2) is 0 Å². The number of nitrogens with one attached hydrogen (secondary N) is 1. The van der Waals surface area contributed by atoms with Gasteiger partial charge in [-0.15, -0.1) is 0 Å². The number of carbonyl (C=O) groups is 1. The Morgan fingerprint density at radius 3 is 2.38 bits per heavy atom. The van der Waals surface area contributed by atoms with Gasteiger partial charge in [-0.2, -0.15) is 9.49 Å². The Morgan fingerprint density at radius 1 is 1.29 bits per heavy atom. The fourth-order valence-corrected chi connectivity index (χ4v) is 2.69. The molecule has 0 fully saturated rings. The fourth-order valence-electron chi connectivity index (χ4n) is 2.69. The number of aryl methyl sites for hydroxylation is 2. The van der Waals surface area contributed by atoms with Gasteiger partial charge in [0.1, 0.15) is 5.56 Å². The van der Waals surface area contributed by atoms with Crippen LogP contribution in [0.3, 0.4) is 0 Å². The number of anilines is 1. The Morgan fingerprint density at radius 2 is 1.92 bits per heavy atom. The van der Waals surface area contributed by atoms with E-state index < -0.39 is 11.9 Å². The van der Waals surface area contributed by atoms with Crippen LogP contribution in [0.5, 0.6) is 0 Å². The van der Waals surface area contributed by atoms with E-state index in [4.69, 9.17) is 0 Å². The molecule has 0 radical (unpaired) electrons. The van der Waals surface area contributed by atoms with Crippen molar-refractivity contribution < 1.29 is 9.18 Å². The summed E-state index contributed by atoms with van der Waals surface area (Å²) in [6, 6.07) is 6.03. The van der Waals surface area contributed by atoms with E-state index >= 15 is 0 Å². The summed E-state index contributed by atoms with van der Waals surface area (Å²) in [6.07, 6.45) is 0. The van der Waals surface area contributed by atoms with Gasteiger partial charge >= 0.3 is 0 Å². The van der Waals surface area contributed by atoms with Gasteiger partial charge < -0.3 is 5.32 Å². The lowest BCUT2D eigenvalue weighted by Gasteiger charge is -2.23. The van der Waals surface area contributed by atoms with E-state index in [0.717, 1.165) is 10.2 Å². The van der Waals surface area contributed by atoms with E-state index in [1.807, 2.05) is 12.1 Å². The molecule has 1 aromatic carbocycles. The standard InChI is InChI=1S/C19H26FN3O/c1-11(2)14-10-13(19(4,5)6)8-9-15(14)21-18(24)16-12(3)22-23(7)17(16)20/h8-11H,1-7H3,(H,21,24). The van der Waals surface area contributed by atoms with Crippen LogP contribution in [0.2, 0.25) is 0 Å². The normalized spacial score (nSPS) is 11.9. The van der Waals surface area contributed by atoms with E-state index in [9.17, 15) is 9.18 Å². The van der Waals surface area contributed by atoms with Crippen molar-refractivity contribution in [1.29, 1.82) is 0 Å². The van der Waals surface area contributed by atoms with Crippen LogP contribution in [0.15, 0.2) is 18.2 Å². The van der Waals surface area contributed by atoms with Crippen molar-refractivity contribution in [2.24, 2.45) is 7.05 Å². The smallest absolute Gasteiger partial charge is 0.262 e. The molecule has 24 heavy (non-hydrogen) atoms. The van der Waals surface area contributed by atoms with Crippen LogP contribution in [0.1, 0.15) is 67.7 Å². The Labute approximate surface area is 143 Å². The minimum Gasteiger partial charge on any atom is -0.322 e. The quantitative estimate of drug-likeness (QED) is 0.897. The highest BCUT2D eigenvalue weighted by molar-refractivity contribution is 6.05. The van der Waals surface area contributed by atoms with E-state index in [1.165, 1.54) is 12.6 Å². The lowest BCUT2D eigenvalue weighted by Crippen LogP contribution is -2.17. The molecule has 0 aliphatic carbocycles. The van der Waals surface area contributed by atoms with Gasteiger partial charge in [0.05, 0.1) is 5.69 Å². The first-order valence-corrected chi connectivity index (χ1v) is 8.17. The lowest BCUT2D eigenvalue weighted by molar-refractivity contribution is 0.102. The maximum atomic E-state index is 14.1. The molecule has 1 heterocycles. The van der Waals surface area contributed by atoms with Crippen LogP contribution >= 0.6 is 0 Å². The average molecular weight is 331 g/mol. The minimum atomic E-state index is -0.623. The van der Waals surface area contributed by atoms with Crippen LogP contribution in [0, 0.1) is 12.9 Å². The topological polar surface area (TPSA) is 46.9 Å². The second kappa shape index (κ2) is 6.38. The van der Waals surface area contributed by atoms with Gasteiger partial charge in [-0.3, -0.25) is 4.79 Å². The number of amides is 1. The van der Waals surface area contributed by atoms with Gasteiger partial charge in [0, 0.05) is 12.7 Å². The highest BCUT2D eigenvalue weighted by Crippen LogP contribution is 2.31. The number of hydrogen-bond donors (Lipinski definition) is 1. The van der Waals surface area contributed by atoms with Crippen molar-refractivity contribution in [1.82, 2.24) is 9.78 Å². The van der Waals surface area contributed by atoms with Crippen molar-refractivity contribution in [2.45, 2.75) is 52.9 Å². The number of carbonyl (C=O) groups excluding carboxylic acids is 1. The Balaban J connectivity index is 2.40. The molecule has 0 atom stereocenters. The molecule has 0 saturated heterocycles. The second-order valence-corrected chi connectivity index (χ2v) is 7.54. The fraction of sp³-hybridized carbons (Fsp3) is 0.474.